The number of carbonyl (C=O) groups excluding carboxylic acids is 2. The Hall–Kier alpha value is -2.56. The van der Waals surface area contributed by atoms with Crippen LogP contribution in [-0.2, 0) is 10.9 Å². The highest BCUT2D eigenvalue weighted by atomic mass is 32.1. The Morgan fingerprint density at radius 1 is 1.32 bits per heavy atom. The van der Waals surface area contributed by atoms with Gasteiger partial charge in [0.05, 0.1) is 27.9 Å². The molecular formula is C20H22F3N3O4S. The molecule has 3 heterocycles. The molecule has 2 aliphatic rings. The summed E-state index contributed by atoms with van der Waals surface area (Å²) in [6.45, 7) is 2.45. The number of alkyl halides is 3. The minimum atomic E-state index is -4.63. The average Bonchev–Trinajstić information content (AvgIpc) is 3.32. The number of likely N-dealkylation sites (tertiary alicyclic amines) is 1. The van der Waals surface area contributed by atoms with Gasteiger partial charge in [0.25, 0.3) is 5.91 Å². The van der Waals surface area contributed by atoms with Crippen LogP contribution in [0, 0.1) is 5.92 Å². The van der Waals surface area contributed by atoms with E-state index in [2.05, 4.69) is 10.3 Å². The highest BCUT2D eigenvalue weighted by molar-refractivity contribution is 7.17. The molecule has 0 spiro atoms. The Bertz CT molecular complexity index is 1010. The van der Waals surface area contributed by atoms with Gasteiger partial charge >= 0.3 is 12.3 Å². The van der Waals surface area contributed by atoms with Crippen molar-refractivity contribution in [1.82, 2.24) is 15.2 Å². The van der Waals surface area contributed by atoms with Crippen molar-refractivity contribution < 1.29 is 32.2 Å². The maximum atomic E-state index is 13.6. The van der Waals surface area contributed by atoms with E-state index in [9.17, 15) is 22.8 Å². The van der Waals surface area contributed by atoms with E-state index in [0.29, 0.717) is 18.9 Å². The van der Waals surface area contributed by atoms with Crippen LogP contribution >= 0.6 is 11.3 Å². The number of rotatable bonds is 5. The Morgan fingerprint density at radius 3 is 2.71 bits per heavy atom. The van der Waals surface area contributed by atoms with Gasteiger partial charge in [-0.3, -0.25) is 4.79 Å². The van der Waals surface area contributed by atoms with Crippen molar-refractivity contribution in [2.24, 2.45) is 5.92 Å². The van der Waals surface area contributed by atoms with Crippen molar-refractivity contribution in [2.75, 3.05) is 20.1 Å². The molecule has 1 saturated carbocycles. The molecular weight excluding hydrogens is 435 g/mol. The lowest BCUT2D eigenvalue weighted by Crippen LogP contribution is -2.34. The number of hydrogen-bond donors (Lipinski definition) is 1. The van der Waals surface area contributed by atoms with Gasteiger partial charge in [0.1, 0.15) is 12.2 Å². The van der Waals surface area contributed by atoms with Crippen molar-refractivity contribution in [2.45, 2.75) is 44.6 Å². The van der Waals surface area contributed by atoms with E-state index in [1.54, 1.807) is 0 Å². The second-order valence-electron chi connectivity index (χ2n) is 7.81. The van der Waals surface area contributed by atoms with Crippen LogP contribution in [0.2, 0.25) is 0 Å². The first kappa shape index (κ1) is 21.7. The number of pyridine rings is 1. The zero-order valence-electron chi connectivity index (χ0n) is 17.0. The number of halogens is 3. The molecule has 7 nitrogen and oxygen atoms in total. The Labute approximate surface area is 180 Å². The monoisotopic (exact) mass is 457 g/mol. The van der Waals surface area contributed by atoms with E-state index in [1.807, 2.05) is 6.92 Å². The van der Waals surface area contributed by atoms with Gasteiger partial charge in [-0.15, -0.1) is 11.3 Å². The highest BCUT2D eigenvalue weighted by Crippen LogP contribution is 2.40. The molecule has 1 N–H and O–H groups in total. The van der Waals surface area contributed by atoms with Crippen LogP contribution in [0.15, 0.2) is 11.4 Å². The van der Waals surface area contributed by atoms with E-state index in [-0.39, 0.29) is 34.3 Å². The van der Waals surface area contributed by atoms with Gasteiger partial charge in [0.15, 0.2) is 0 Å². The topological polar surface area (TPSA) is 80.8 Å². The summed E-state index contributed by atoms with van der Waals surface area (Å²) in [6, 6.07) is 0.850. The number of nitrogens with zero attached hydrogens (tertiary/aromatic N) is 2. The second kappa shape index (κ2) is 8.18. The van der Waals surface area contributed by atoms with Crippen molar-refractivity contribution in [3.8, 4) is 5.88 Å². The largest absolute Gasteiger partial charge is 0.472 e. The molecule has 1 saturated heterocycles. The van der Waals surface area contributed by atoms with Gasteiger partial charge < -0.3 is 19.7 Å². The second-order valence-corrected chi connectivity index (χ2v) is 8.69. The minimum Gasteiger partial charge on any atom is -0.472 e. The number of thiophene rings is 1. The standard InChI is InChI=1S/C20H22F3N3O4S/c1-10(11-3-4-11)29-19(28)26-6-5-12(8-26)30-15-7-14(20(21,22)23)17-16(25-15)13(9-31-17)18(27)24-2/h7,9-12H,3-6,8H2,1-2H3,(H,24,27)/t10-,12-/m0/s1. The smallest absolute Gasteiger partial charge is 0.418 e. The van der Waals surface area contributed by atoms with E-state index in [1.165, 1.54) is 17.3 Å². The highest BCUT2D eigenvalue weighted by Gasteiger charge is 2.37. The molecule has 0 unspecified atom stereocenters. The summed E-state index contributed by atoms with van der Waals surface area (Å²) in [5, 5.41) is 3.76. The molecule has 0 bridgehead atoms. The fourth-order valence-corrected chi connectivity index (χ4v) is 4.63. The first-order valence-corrected chi connectivity index (χ1v) is 10.9. The molecule has 0 aromatic carbocycles. The average molecular weight is 457 g/mol. The molecule has 4 rings (SSSR count). The minimum absolute atomic E-state index is 0.0540. The van der Waals surface area contributed by atoms with Crippen LogP contribution in [0.25, 0.3) is 10.2 Å². The molecule has 2 aromatic rings. The van der Waals surface area contributed by atoms with Gasteiger partial charge in [-0.2, -0.15) is 13.2 Å². The molecule has 11 heteroatoms. The summed E-state index contributed by atoms with van der Waals surface area (Å²) in [4.78, 5) is 30.0. The Morgan fingerprint density at radius 2 is 2.06 bits per heavy atom. The van der Waals surface area contributed by atoms with E-state index >= 15 is 0 Å². The first-order chi connectivity index (χ1) is 14.7. The lowest BCUT2D eigenvalue weighted by atomic mass is 10.2. The molecule has 1 aliphatic carbocycles. The van der Waals surface area contributed by atoms with Crippen molar-refractivity contribution in [1.29, 1.82) is 0 Å². The molecule has 2 fully saturated rings. The summed E-state index contributed by atoms with van der Waals surface area (Å²) in [5.41, 5.74) is -0.897. The summed E-state index contributed by atoms with van der Waals surface area (Å²) in [6.07, 6.45) is -3.18. The molecule has 0 radical (unpaired) electrons. The third-order valence-electron chi connectivity index (χ3n) is 5.54. The van der Waals surface area contributed by atoms with Crippen LogP contribution < -0.4 is 10.1 Å². The molecule has 1 aliphatic heterocycles. The number of amides is 2. The van der Waals surface area contributed by atoms with Crippen LogP contribution in [-0.4, -0.2) is 54.2 Å². The lowest BCUT2D eigenvalue weighted by molar-refractivity contribution is -0.136. The predicted octanol–water partition coefficient (Wildman–Crippen LogP) is 4.06. The van der Waals surface area contributed by atoms with Gasteiger partial charge in [0.2, 0.25) is 5.88 Å². The summed E-state index contributed by atoms with van der Waals surface area (Å²) < 4.78 is 51.9. The number of hydrogen-bond acceptors (Lipinski definition) is 6. The Balaban J connectivity index is 1.52. The van der Waals surface area contributed by atoms with Crippen molar-refractivity contribution >= 4 is 33.6 Å². The van der Waals surface area contributed by atoms with Crippen molar-refractivity contribution in [3.63, 3.8) is 0 Å². The number of fused-ring (bicyclic) bond motifs is 1. The normalized spacial score (nSPS) is 20.0. The zero-order valence-corrected chi connectivity index (χ0v) is 17.8. The van der Waals surface area contributed by atoms with Crippen LogP contribution in [0.1, 0.15) is 42.1 Å². The fourth-order valence-electron chi connectivity index (χ4n) is 3.61. The lowest BCUT2D eigenvalue weighted by Gasteiger charge is -2.20. The van der Waals surface area contributed by atoms with Crippen LogP contribution in [0.3, 0.4) is 0 Å². The number of ether oxygens (including phenoxy) is 2. The number of carbonyl (C=O) groups is 2. The SMILES string of the molecule is CNC(=O)c1csc2c(C(F)(F)F)cc(O[C@H]3CCN(C(=O)O[C@@H](C)C4CC4)C3)nc12. The third kappa shape index (κ3) is 4.56. The zero-order chi connectivity index (χ0) is 22.3. The summed E-state index contributed by atoms with van der Waals surface area (Å²) >= 11 is 0.812. The summed E-state index contributed by atoms with van der Waals surface area (Å²) in [7, 11) is 1.40. The summed E-state index contributed by atoms with van der Waals surface area (Å²) in [5.74, 6) is -0.339. The molecule has 168 valence electrons. The first-order valence-electron chi connectivity index (χ1n) is 10.0. The molecule has 2 aromatic heterocycles. The number of aromatic nitrogens is 1. The predicted molar refractivity (Wildman–Crippen MR) is 107 cm³/mol. The van der Waals surface area contributed by atoms with Crippen LogP contribution in [0.4, 0.5) is 18.0 Å². The molecule has 2 amide bonds. The van der Waals surface area contributed by atoms with E-state index < -0.39 is 29.8 Å². The van der Waals surface area contributed by atoms with Gasteiger partial charge in [-0.1, -0.05) is 0 Å². The Kier molecular flexibility index (Phi) is 5.71. The van der Waals surface area contributed by atoms with E-state index in [4.69, 9.17) is 9.47 Å². The maximum absolute atomic E-state index is 13.6. The number of nitrogens with one attached hydrogen (secondary N) is 1. The maximum Gasteiger partial charge on any atom is 0.418 e. The molecule has 2 atom stereocenters. The quantitative estimate of drug-likeness (QED) is 0.732. The van der Waals surface area contributed by atoms with Gasteiger partial charge in [-0.05, 0) is 25.7 Å². The van der Waals surface area contributed by atoms with Gasteiger partial charge in [0, 0.05) is 31.5 Å². The van der Waals surface area contributed by atoms with Gasteiger partial charge in [-0.25, -0.2) is 9.78 Å². The fraction of sp³-hybridized carbons (Fsp3) is 0.550. The third-order valence-corrected chi connectivity index (χ3v) is 6.54. The van der Waals surface area contributed by atoms with Crippen molar-refractivity contribution in [3.05, 3.63) is 22.6 Å². The van der Waals surface area contributed by atoms with E-state index in [0.717, 1.165) is 30.2 Å². The molecule has 31 heavy (non-hydrogen) atoms. The van der Waals surface area contributed by atoms with Crippen LogP contribution in [0.5, 0.6) is 5.88 Å².